The van der Waals surface area contributed by atoms with Gasteiger partial charge < -0.3 is 14.5 Å². The molecule has 38 heavy (non-hydrogen) atoms. The fourth-order valence-corrected chi connectivity index (χ4v) is 5.19. The van der Waals surface area contributed by atoms with Crippen molar-refractivity contribution in [2.24, 2.45) is 0 Å². The summed E-state index contributed by atoms with van der Waals surface area (Å²) in [6, 6.07) is 30.9. The van der Waals surface area contributed by atoms with Crippen molar-refractivity contribution in [2.75, 3.05) is 31.6 Å². The Bertz CT molecular complexity index is 1330. The van der Waals surface area contributed by atoms with E-state index in [1.165, 1.54) is 7.11 Å². The lowest BCUT2D eigenvalue weighted by atomic mass is 9.89. The van der Waals surface area contributed by atoms with E-state index < -0.39 is 17.9 Å². The number of methoxy groups -OCH3 is 1. The first-order valence-electron chi connectivity index (χ1n) is 12.9. The van der Waals surface area contributed by atoms with Gasteiger partial charge in [0.1, 0.15) is 11.9 Å². The zero-order valence-corrected chi connectivity index (χ0v) is 21.7. The number of benzene rings is 3. The molecular formula is C31H32N4O3. The van der Waals surface area contributed by atoms with E-state index in [2.05, 4.69) is 17.0 Å². The van der Waals surface area contributed by atoms with Gasteiger partial charge >= 0.3 is 5.97 Å². The Labute approximate surface area is 223 Å². The fourth-order valence-electron chi connectivity index (χ4n) is 5.19. The zero-order chi connectivity index (χ0) is 26.5. The van der Waals surface area contributed by atoms with E-state index in [1.54, 1.807) is 4.90 Å². The Hall–Kier alpha value is -4.39. The molecule has 7 heteroatoms. The average molecular weight is 509 g/mol. The summed E-state index contributed by atoms with van der Waals surface area (Å²) in [4.78, 5) is 31.1. The molecule has 0 bridgehead atoms. The monoisotopic (exact) mass is 508 g/mol. The molecular weight excluding hydrogens is 476 g/mol. The summed E-state index contributed by atoms with van der Waals surface area (Å²) < 4.78 is 7.16. The third-order valence-electron chi connectivity index (χ3n) is 7.03. The summed E-state index contributed by atoms with van der Waals surface area (Å²) in [6.07, 6.45) is 0. The number of nitrogens with zero attached hydrogens (tertiary/aromatic N) is 4. The van der Waals surface area contributed by atoms with E-state index in [1.807, 2.05) is 96.5 Å². The Kier molecular flexibility index (Phi) is 7.54. The molecule has 1 aliphatic rings. The molecule has 3 aromatic carbocycles. The molecule has 1 aliphatic heterocycles. The van der Waals surface area contributed by atoms with Crippen LogP contribution >= 0.6 is 0 Å². The van der Waals surface area contributed by atoms with Gasteiger partial charge in [-0.25, -0.2) is 9.48 Å². The van der Waals surface area contributed by atoms with Crippen LogP contribution < -0.4 is 4.90 Å². The molecule has 7 nitrogen and oxygen atoms in total. The maximum atomic E-state index is 14.2. The third-order valence-corrected chi connectivity index (χ3v) is 7.03. The second kappa shape index (κ2) is 11.3. The predicted octanol–water partition coefficient (Wildman–Crippen LogP) is 4.26. The molecule has 0 N–H and O–H groups in total. The van der Waals surface area contributed by atoms with Crippen LogP contribution in [0.2, 0.25) is 0 Å². The smallest absolute Gasteiger partial charge is 0.330 e. The summed E-state index contributed by atoms with van der Waals surface area (Å²) in [5, 5.41) is 4.71. The van der Waals surface area contributed by atoms with Gasteiger partial charge in [0, 0.05) is 19.2 Å². The molecule has 1 amide bonds. The van der Waals surface area contributed by atoms with Gasteiger partial charge in [-0.05, 0) is 23.6 Å². The minimum absolute atomic E-state index is 0.105. The number of aromatic nitrogens is 2. The molecule has 1 fully saturated rings. The lowest BCUT2D eigenvalue weighted by molar-refractivity contribution is -0.153. The Balaban J connectivity index is 1.44. The molecule has 5 rings (SSSR count). The Morgan fingerprint density at radius 1 is 0.895 bits per heavy atom. The second-order valence-electron chi connectivity index (χ2n) is 9.56. The summed E-state index contributed by atoms with van der Waals surface area (Å²) in [6.45, 7) is 3.89. The molecule has 1 aromatic heterocycles. The molecule has 0 unspecified atom stereocenters. The van der Waals surface area contributed by atoms with E-state index in [0.717, 1.165) is 28.2 Å². The molecule has 1 saturated heterocycles. The lowest BCUT2D eigenvalue weighted by Crippen LogP contribution is -2.60. The van der Waals surface area contributed by atoms with E-state index in [4.69, 9.17) is 9.84 Å². The van der Waals surface area contributed by atoms with E-state index in [0.29, 0.717) is 26.2 Å². The first kappa shape index (κ1) is 25.3. The van der Waals surface area contributed by atoms with Crippen LogP contribution in [0.15, 0.2) is 97.1 Å². The molecule has 1 atom stereocenters. The number of hydrogen-bond donors (Lipinski definition) is 0. The van der Waals surface area contributed by atoms with Crippen LogP contribution in [-0.4, -0.2) is 59.3 Å². The molecule has 194 valence electrons. The number of carbonyl (C=O) groups is 2. The molecule has 2 heterocycles. The van der Waals surface area contributed by atoms with E-state index >= 15 is 0 Å². The van der Waals surface area contributed by atoms with Gasteiger partial charge in [0.25, 0.3) is 0 Å². The summed E-state index contributed by atoms with van der Waals surface area (Å²) >= 11 is 0. The van der Waals surface area contributed by atoms with Crippen LogP contribution in [0.3, 0.4) is 0 Å². The van der Waals surface area contributed by atoms with Crippen molar-refractivity contribution in [3.63, 3.8) is 0 Å². The van der Waals surface area contributed by atoms with Crippen molar-refractivity contribution in [2.45, 2.75) is 25.4 Å². The standard InChI is InChI=1S/C31H32N4O3/c1-23-20-28(35(32-23)21-24-12-6-3-7-13-24)33-18-19-34(27(22-33)31(37)38-2)30(36)29(25-14-8-4-9-15-25)26-16-10-5-11-17-26/h3-17,20,27,29H,18-19,21-22H2,1-2H3/t27-/m0/s1. The van der Waals surface area contributed by atoms with Gasteiger partial charge in [0.15, 0.2) is 0 Å². The van der Waals surface area contributed by atoms with Crippen molar-refractivity contribution >= 4 is 17.7 Å². The summed E-state index contributed by atoms with van der Waals surface area (Å²) in [5.74, 6) is -0.114. The highest BCUT2D eigenvalue weighted by Gasteiger charge is 2.40. The molecule has 0 spiro atoms. The Morgan fingerprint density at radius 3 is 2.05 bits per heavy atom. The van der Waals surface area contributed by atoms with Crippen molar-refractivity contribution in [1.82, 2.24) is 14.7 Å². The molecule has 0 saturated carbocycles. The van der Waals surface area contributed by atoms with Gasteiger partial charge in [-0.15, -0.1) is 0 Å². The lowest BCUT2D eigenvalue weighted by Gasteiger charge is -2.42. The SMILES string of the molecule is COC(=O)[C@@H]1CN(c2cc(C)nn2Cc2ccccc2)CCN1C(=O)C(c1ccccc1)c1ccccc1. The van der Waals surface area contributed by atoms with Gasteiger partial charge in [-0.3, -0.25) is 4.79 Å². The number of esters is 1. The van der Waals surface area contributed by atoms with Crippen LogP contribution in [0, 0.1) is 6.92 Å². The van der Waals surface area contributed by atoms with Crippen molar-refractivity contribution in [3.05, 3.63) is 119 Å². The highest BCUT2D eigenvalue weighted by molar-refractivity contribution is 5.91. The predicted molar refractivity (Wildman–Crippen MR) is 147 cm³/mol. The quantitative estimate of drug-likeness (QED) is 0.349. The number of anilines is 1. The van der Waals surface area contributed by atoms with Gasteiger partial charge in [-0.1, -0.05) is 91.0 Å². The zero-order valence-electron chi connectivity index (χ0n) is 21.7. The van der Waals surface area contributed by atoms with E-state index in [9.17, 15) is 9.59 Å². The van der Waals surface area contributed by atoms with Crippen LogP contribution in [0.5, 0.6) is 0 Å². The molecule has 0 radical (unpaired) electrons. The van der Waals surface area contributed by atoms with Gasteiger partial charge in [0.05, 0.1) is 31.8 Å². The first-order valence-corrected chi connectivity index (χ1v) is 12.9. The largest absolute Gasteiger partial charge is 0.467 e. The fraction of sp³-hybridized carbons (Fsp3) is 0.258. The highest BCUT2D eigenvalue weighted by atomic mass is 16.5. The average Bonchev–Trinajstić information content (AvgIpc) is 3.33. The topological polar surface area (TPSA) is 67.7 Å². The number of rotatable bonds is 7. The van der Waals surface area contributed by atoms with Gasteiger partial charge in [-0.2, -0.15) is 5.10 Å². The highest BCUT2D eigenvalue weighted by Crippen LogP contribution is 2.30. The van der Waals surface area contributed by atoms with Crippen molar-refractivity contribution in [3.8, 4) is 0 Å². The molecule has 0 aliphatic carbocycles. The van der Waals surface area contributed by atoms with Crippen molar-refractivity contribution < 1.29 is 14.3 Å². The van der Waals surface area contributed by atoms with E-state index in [-0.39, 0.29) is 5.91 Å². The van der Waals surface area contributed by atoms with Crippen LogP contribution in [0.25, 0.3) is 0 Å². The summed E-state index contributed by atoms with van der Waals surface area (Å²) in [5.41, 5.74) is 3.83. The van der Waals surface area contributed by atoms with Gasteiger partial charge in [0.2, 0.25) is 5.91 Å². The Morgan fingerprint density at radius 2 is 1.47 bits per heavy atom. The third kappa shape index (κ3) is 5.32. The maximum Gasteiger partial charge on any atom is 0.330 e. The number of aryl methyl sites for hydroxylation is 1. The second-order valence-corrected chi connectivity index (χ2v) is 9.56. The number of hydrogen-bond acceptors (Lipinski definition) is 5. The summed E-state index contributed by atoms with van der Waals surface area (Å²) in [7, 11) is 1.37. The normalized spacial score (nSPS) is 15.5. The number of piperazine rings is 1. The maximum absolute atomic E-state index is 14.2. The minimum Gasteiger partial charge on any atom is -0.467 e. The van der Waals surface area contributed by atoms with Crippen LogP contribution in [0.1, 0.15) is 28.3 Å². The number of carbonyl (C=O) groups excluding carboxylic acids is 2. The minimum atomic E-state index is -0.739. The molecule has 4 aromatic rings. The number of ether oxygens (including phenoxy) is 1. The first-order chi connectivity index (χ1) is 18.5. The van der Waals surface area contributed by atoms with Crippen LogP contribution in [0.4, 0.5) is 5.82 Å². The van der Waals surface area contributed by atoms with Crippen molar-refractivity contribution in [1.29, 1.82) is 0 Å². The number of amides is 1. The van der Waals surface area contributed by atoms with Crippen LogP contribution in [-0.2, 0) is 20.9 Å².